The van der Waals surface area contributed by atoms with Gasteiger partial charge in [0.15, 0.2) is 0 Å². The molecular formula is C18H19ClFNO. The molecule has 0 saturated carbocycles. The molecule has 0 aliphatic carbocycles. The van der Waals surface area contributed by atoms with Crippen molar-refractivity contribution < 1.29 is 9.13 Å². The van der Waals surface area contributed by atoms with E-state index >= 15 is 0 Å². The fraction of sp³-hybridized carbons (Fsp3) is 0.333. The third kappa shape index (κ3) is 3.79. The van der Waals surface area contributed by atoms with Gasteiger partial charge in [-0.1, -0.05) is 29.8 Å². The third-order valence-corrected chi connectivity index (χ3v) is 4.31. The minimum Gasteiger partial charge on any atom is -0.489 e. The number of nitrogens with one attached hydrogen (secondary N) is 1. The third-order valence-electron chi connectivity index (χ3n) is 4.08. The number of ether oxygens (including phenoxy) is 1. The summed E-state index contributed by atoms with van der Waals surface area (Å²) in [7, 11) is 0. The fourth-order valence-electron chi connectivity index (χ4n) is 2.81. The lowest BCUT2D eigenvalue weighted by molar-refractivity contribution is 0.299. The van der Waals surface area contributed by atoms with E-state index in [0.29, 0.717) is 16.5 Å². The summed E-state index contributed by atoms with van der Waals surface area (Å²) in [4.78, 5) is 0. The highest BCUT2D eigenvalue weighted by Gasteiger charge is 2.15. The predicted molar refractivity (Wildman–Crippen MR) is 87.0 cm³/mol. The normalized spacial score (nSPS) is 15.7. The van der Waals surface area contributed by atoms with Gasteiger partial charge in [0.25, 0.3) is 0 Å². The monoisotopic (exact) mass is 319 g/mol. The molecule has 1 N–H and O–H groups in total. The molecule has 4 heteroatoms. The van der Waals surface area contributed by atoms with Gasteiger partial charge in [-0.05, 0) is 61.7 Å². The molecule has 1 saturated heterocycles. The largest absolute Gasteiger partial charge is 0.489 e. The van der Waals surface area contributed by atoms with Crippen molar-refractivity contribution in [2.45, 2.75) is 25.4 Å². The van der Waals surface area contributed by atoms with Crippen molar-refractivity contribution in [2.75, 3.05) is 13.1 Å². The molecule has 0 bridgehead atoms. The van der Waals surface area contributed by atoms with E-state index in [9.17, 15) is 4.39 Å². The van der Waals surface area contributed by atoms with E-state index in [2.05, 4.69) is 17.4 Å². The molecular weight excluding hydrogens is 301 g/mol. The average Bonchev–Trinajstić information content (AvgIpc) is 2.55. The van der Waals surface area contributed by atoms with Crippen LogP contribution in [-0.4, -0.2) is 13.1 Å². The Morgan fingerprint density at radius 3 is 2.73 bits per heavy atom. The first-order chi connectivity index (χ1) is 10.7. The topological polar surface area (TPSA) is 21.3 Å². The molecule has 3 rings (SSSR count). The van der Waals surface area contributed by atoms with Gasteiger partial charge in [-0.25, -0.2) is 4.39 Å². The first-order valence-electron chi connectivity index (χ1n) is 7.60. The molecule has 2 aromatic carbocycles. The highest BCUT2D eigenvalue weighted by Crippen LogP contribution is 2.28. The number of halogens is 2. The van der Waals surface area contributed by atoms with Gasteiger partial charge < -0.3 is 10.1 Å². The van der Waals surface area contributed by atoms with Gasteiger partial charge in [0.05, 0.1) is 0 Å². The minimum absolute atomic E-state index is 0.207. The maximum atomic E-state index is 13.8. The Bertz CT molecular complexity index is 641. The summed E-state index contributed by atoms with van der Waals surface area (Å²) < 4.78 is 19.5. The zero-order valence-electron chi connectivity index (χ0n) is 12.3. The molecule has 0 amide bonds. The Hall–Kier alpha value is -1.58. The lowest BCUT2D eigenvalue weighted by Gasteiger charge is -2.23. The molecule has 22 heavy (non-hydrogen) atoms. The molecule has 1 aliphatic rings. The number of hydrogen-bond donors (Lipinski definition) is 1. The van der Waals surface area contributed by atoms with Crippen LogP contribution >= 0.6 is 11.6 Å². The van der Waals surface area contributed by atoms with Crippen LogP contribution in [-0.2, 0) is 6.61 Å². The van der Waals surface area contributed by atoms with Gasteiger partial charge in [0, 0.05) is 10.6 Å². The van der Waals surface area contributed by atoms with E-state index in [1.807, 2.05) is 12.1 Å². The minimum atomic E-state index is -0.331. The van der Waals surface area contributed by atoms with E-state index in [0.717, 1.165) is 31.7 Å². The lowest BCUT2D eigenvalue weighted by Crippen LogP contribution is -2.26. The van der Waals surface area contributed by atoms with Crippen LogP contribution in [0.15, 0.2) is 42.5 Å². The number of benzene rings is 2. The molecule has 0 radical (unpaired) electrons. The van der Waals surface area contributed by atoms with E-state index in [-0.39, 0.29) is 12.4 Å². The SMILES string of the molecule is Fc1cc(Cl)ccc1COc1cccc(C2CCNCC2)c1. The maximum absolute atomic E-state index is 13.8. The molecule has 2 nitrogen and oxygen atoms in total. The molecule has 0 aromatic heterocycles. The van der Waals surface area contributed by atoms with E-state index in [1.165, 1.54) is 11.6 Å². The molecule has 1 aliphatic heterocycles. The Balaban J connectivity index is 1.67. The summed E-state index contributed by atoms with van der Waals surface area (Å²) in [5, 5.41) is 3.77. The van der Waals surface area contributed by atoms with Crippen LogP contribution in [0.5, 0.6) is 5.75 Å². The second-order valence-electron chi connectivity index (χ2n) is 5.62. The van der Waals surface area contributed by atoms with Crippen LogP contribution in [0.2, 0.25) is 5.02 Å². The molecule has 0 spiro atoms. The second kappa shape index (κ2) is 7.12. The number of rotatable bonds is 4. The quantitative estimate of drug-likeness (QED) is 0.894. The predicted octanol–water partition coefficient (Wildman–Crippen LogP) is 4.53. The van der Waals surface area contributed by atoms with Crippen LogP contribution in [0.25, 0.3) is 0 Å². The molecule has 1 heterocycles. The van der Waals surface area contributed by atoms with Crippen molar-refractivity contribution in [3.8, 4) is 5.75 Å². The Kier molecular flexibility index (Phi) is 4.96. The summed E-state index contributed by atoms with van der Waals surface area (Å²) in [5.74, 6) is 1.03. The van der Waals surface area contributed by atoms with Crippen molar-refractivity contribution in [3.05, 3.63) is 64.4 Å². The Morgan fingerprint density at radius 2 is 1.95 bits per heavy atom. The van der Waals surface area contributed by atoms with Gasteiger partial charge in [-0.15, -0.1) is 0 Å². The molecule has 0 unspecified atom stereocenters. The molecule has 1 fully saturated rings. The van der Waals surface area contributed by atoms with E-state index in [1.54, 1.807) is 12.1 Å². The first kappa shape index (κ1) is 15.3. The number of piperidine rings is 1. The summed E-state index contributed by atoms with van der Waals surface area (Å²) in [6.45, 7) is 2.33. The number of hydrogen-bond acceptors (Lipinski definition) is 2. The Morgan fingerprint density at radius 1 is 1.14 bits per heavy atom. The van der Waals surface area contributed by atoms with Crippen LogP contribution in [0.4, 0.5) is 4.39 Å². The Labute approximate surface area is 135 Å². The summed E-state index contributed by atoms with van der Waals surface area (Å²) in [6.07, 6.45) is 2.30. The fourth-order valence-corrected chi connectivity index (χ4v) is 2.97. The van der Waals surface area contributed by atoms with Crippen molar-refractivity contribution >= 4 is 11.6 Å². The molecule has 116 valence electrons. The zero-order valence-corrected chi connectivity index (χ0v) is 13.1. The average molecular weight is 320 g/mol. The van der Waals surface area contributed by atoms with Crippen LogP contribution in [0.1, 0.15) is 29.9 Å². The van der Waals surface area contributed by atoms with Gasteiger partial charge in [-0.2, -0.15) is 0 Å². The van der Waals surface area contributed by atoms with Crippen molar-refractivity contribution in [2.24, 2.45) is 0 Å². The van der Waals surface area contributed by atoms with E-state index < -0.39 is 0 Å². The van der Waals surface area contributed by atoms with Crippen molar-refractivity contribution in [1.82, 2.24) is 5.32 Å². The van der Waals surface area contributed by atoms with Crippen LogP contribution in [0, 0.1) is 5.82 Å². The smallest absolute Gasteiger partial charge is 0.131 e. The van der Waals surface area contributed by atoms with Crippen molar-refractivity contribution in [1.29, 1.82) is 0 Å². The second-order valence-corrected chi connectivity index (χ2v) is 6.06. The maximum Gasteiger partial charge on any atom is 0.131 e. The van der Waals surface area contributed by atoms with Crippen molar-refractivity contribution in [3.63, 3.8) is 0 Å². The van der Waals surface area contributed by atoms with Crippen LogP contribution in [0.3, 0.4) is 0 Å². The zero-order chi connectivity index (χ0) is 15.4. The lowest BCUT2D eigenvalue weighted by atomic mass is 9.90. The standard InChI is InChI=1S/C18H19ClFNO/c19-16-5-4-15(18(20)11-16)12-22-17-3-1-2-14(10-17)13-6-8-21-9-7-13/h1-5,10-11,13,21H,6-9,12H2. The van der Waals surface area contributed by atoms with E-state index in [4.69, 9.17) is 16.3 Å². The van der Waals surface area contributed by atoms with Gasteiger partial charge in [0.1, 0.15) is 18.2 Å². The van der Waals surface area contributed by atoms with Gasteiger partial charge in [-0.3, -0.25) is 0 Å². The first-order valence-corrected chi connectivity index (χ1v) is 7.97. The summed E-state index contributed by atoms with van der Waals surface area (Å²) in [5.41, 5.74) is 1.81. The molecule has 0 atom stereocenters. The summed E-state index contributed by atoms with van der Waals surface area (Å²) >= 11 is 5.75. The molecule has 2 aromatic rings. The van der Waals surface area contributed by atoms with Crippen LogP contribution < -0.4 is 10.1 Å². The highest BCUT2D eigenvalue weighted by molar-refractivity contribution is 6.30. The summed E-state index contributed by atoms with van der Waals surface area (Å²) in [6, 6.07) is 12.8. The van der Waals surface area contributed by atoms with Gasteiger partial charge in [0.2, 0.25) is 0 Å². The highest BCUT2D eigenvalue weighted by atomic mass is 35.5. The van der Waals surface area contributed by atoms with Gasteiger partial charge >= 0.3 is 0 Å².